The van der Waals surface area contributed by atoms with Crippen LogP contribution in [0.15, 0.2) is 11.6 Å². The van der Waals surface area contributed by atoms with Crippen LogP contribution in [-0.2, 0) is 13.9 Å². The predicted octanol–water partition coefficient (Wildman–Crippen LogP) is 7.57. The van der Waals surface area contributed by atoms with Gasteiger partial charge in [0.1, 0.15) is 0 Å². The fourth-order valence-corrected chi connectivity index (χ4v) is 11.4. The van der Waals surface area contributed by atoms with Crippen LogP contribution in [0.4, 0.5) is 0 Å². The highest BCUT2D eigenvalue weighted by Gasteiger charge is 2.68. The van der Waals surface area contributed by atoms with E-state index in [0.29, 0.717) is 40.8 Å². The molecule has 6 aliphatic rings. The van der Waals surface area contributed by atoms with Crippen molar-refractivity contribution in [3.8, 4) is 0 Å². The van der Waals surface area contributed by atoms with Crippen LogP contribution < -0.4 is 0 Å². The van der Waals surface area contributed by atoms with E-state index in [2.05, 4.69) is 53.4 Å². The van der Waals surface area contributed by atoms with Gasteiger partial charge in [-0.25, -0.2) is 0 Å². The summed E-state index contributed by atoms with van der Waals surface area (Å²) in [6.07, 6.45) is 15.1. The highest BCUT2D eigenvalue weighted by Crippen LogP contribution is 2.70. The predicted molar refractivity (Wildman–Crippen MR) is 140 cm³/mol. The summed E-state index contributed by atoms with van der Waals surface area (Å²) in [5.74, 6) is 4.10. The minimum atomic E-state index is -1.48. The third kappa shape index (κ3) is 3.51. The molecule has 3 saturated carbocycles. The molecule has 0 unspecified atom stereocenters. The minimum Gasteiger partial charge on any atom is -0.414 e. The lowest BCUT2D eigenvalue weighted by Crippen LogP contribution is -2.52. The number of hydrogen-bond donors (Lipinski definition) is 0. The van der Waals surface area contributed by atoms with Crippen LogP contribution in [0, 0.1) is 46.3 Å². The molecule has 0 aromatic heterocycles. The summed E-state index contributed by atoms with van der Waals surface area (Å²) in [6.45, 7) is 18.0. The van der Waals surface area contributed by atoms with Crippen molar-refractivity contribution in [2.24, 2.45) is 46.3 Å². The molecule has 4 heteroatoms. The second kappa shape index (κ2) is 7.92. The van der Waals surface area contributed by atoms with Gasteiger partial charge in [-0.1, -0.05) is 39.3 Å². The lowest BCUT2D eigenvalue weighted by Gasteiger charge is -2.58. The zero-order valence-electron chi connectivity index (χ0n) is 23.0. The Hall–Kier alpha value is -0.163. The van der Waals surface area contributed by atoms with Crippen molar-refractivity contribution >= 4 is 8.32 Å². The molecule has 2 saturated heterocycles. The summed E-state index contributed by atoms with van der Waals surface area (Å²) < 4.78 is 20.0. The molecule has 3 nitrogen and oxygen atoms in total. The first-order chi connectivity index (χ1) is 16.0. The molecule has 0 aromatic carbocycles. The molecule has 34 heavy (non-hydrogen) atoms. The third-order valence-electron chi connectivity index (χ3n) is 11.8. The summed E-state index contributed by atoms with van der Waals surface area (Å²) in [5.41, 5.74) is 2.57. The van der Waals surface area contributed by atoms with Crippen LogP contribution in [0.25, 0.3) is 0 Å². The largest absolute Gasteiger partial charge is 0.414 e. The summed E-state index contributed by atoms with van der Waals surface area (Å²) in [7, 11) is -1.48. The molecule has 4 aliphatic carbocycles. The van der Waals surface area contributed by atoms with Crippen molar-refractivity contribution < 1.29 is 13.9 Å². The van der Waals surface area contributed by atoms with Crippen LogP contribution in [0.3, 0.4) is 0 Å². The van der Waals surface area contributed by atoms with Gasteiger partial charge in [0.25, 0.3) is 0 Å². The first kappa shape index (κ1) is 24.2. The van der Waals surface area contributed by atoms with Crippen molar-refractivity contribution in [1.82, 2.24) is 0 Å². The van der Waals surface area contributed by atoms with Crippen molar-refractivity contribution in [2.75, 3.05) is 6.61 Å². The molecule has 6 rings (SSSR count). The van der Waals surface area contributed by atoms with Gasteiger partial charge >= 0.3 is 0 Å². The topological polar surface area (TPSA) is 27.7 Å². The monoisotopic (exact) mass is 486 g/mol. The van der Waals surface area contributed by atoms with Crippen LogP contribution in [0.1, 0.15) is 85.5 Å². The standard InChI is InChI=1S/C30H50O3Si/c1-19-10-15-30(31-18-19)20(2)27-26(32-30)17-25-23-9-8-21-16-22(33-34(5,6)7)11-13-28(21,3)24(23)12-14-29(25,27)4/h8,19-20,22-27H,9-18H2,1-7H3/t19-,20+,22+,23-,24+,25+,26+,27+,28+,29+,30+/m1/s1. The molecule has 0 amide bonds. The van der Waals surface area contributed by atoms with Crippen LogP contribution in [-0.4, -0.2) is 32.9 Å². The van der Waals surface area contributed by atoms with E-state index in [9.17, 15) is 0 Å². The molecule has 0 N–H and O–H groups in total. The normalized spacial score (nSPS) is 54.7. The maximum absolute atomic E-state index is 6.95. The zero-order valence-corrected chi connectivity index (χ0v) is 24.0. The van der Waals surface area contributed by atoms with Gasteiger partial charge in [0.05, 0.1) is 12.7 Å². The Balaban J connectivity index is 1.22. The fraction of sp³-hybridized carbons (Fsp3) is 0.933. The molecule has 0 bridgehead atoms. The molecule has 0 radical (unpaired) electrons. The molecule has 0 aromatic rings. The smallest absolute Gasteiger partial charge is 0.184 e. The van der Waals surface area contributed by atoms with Gasteiger partial charge in [-0.15, -0.1) is 0 Å². The van der Waals surface area contributed by atoms with Crippen molar-refractivity contribution in [1.29, 1.82) is 0 Å². The molecule has 1 spiro atoms. The van der Waals surface area contributed by atoms with Crippen LogP contribution in [0.2, 0.25) is 19.6 Å². The van der Waals surface area contributed by atoms with Gasteiger partial charge in [-0.3, -0.25) is 0 Å². The highest BCUT2D eigenvalue weighted by atomic mass is 28.4. The van der Waals surface area contributed by atoms with Gasteiger partial charge in [0.15, 0.2) is 14.1 Å². The Morgan fingerprint density at radius 1 is 1.00 bits per heavy atom. The van der Waals surface area contributed by atoms with Crippen molar-refractivity contribution in [2.45, 2.75) is 123 Å². The number of fused-ring (bicyclic) bond motifs is 7. The summed E-state index contributed by atoms with van der Waals surface area (Å²) in [6, 6.07) is 0. The minimum absolute atomic E-state index is 0.285. The second-order valence-electron chi connectivity index (χ2n) is 14.9. The Bertz CT molecular complexity index is 838. The number of allylic oxidation sites excluding steroid dienone is 1. The number of rotatable bonds is 2. The fourth-order valence-electron chi connectivity index (χ4n) is 10.2. The van der Waals surface area contributed by atoms with Gasteiger partial charge in [0, 0.05) is 18.4 Å². The highest BCUT2D eigenvalue weighted by molar-refractivity contribution is 6.69. The van der Waals surface area contributed by atoms with Gasteiger partial charge in [-0.05, 0) is 111 Å². The molecule has 2 aliphatic heterocycles. The van der Waals surface area contributed by atoms with Gasteiger partial charge in [0.2, 0.25) is 0 Å². The Labute approximate surface area is 209 Å². The summed E-state index contributed by atoms with van der Waals surface area (Å²) in [5, 5.41) is 0. The maximum atomic E-state index is 6.95. The van der Waals surface area contributed by atoms with E-state index in [1.165, 1.54) is 51.4 Å². The Morgan fingerprint density at radius 3 is 2.50 bits per heavy atom. The second-order valence-corrected chi connectivity index (χ2v) is 19.3. The van der Waals surface area contributed by atoms with Crippen LogP contribution in [0.5, 0.6) is 0 Å². The Morgan fingerprint density at radius 2 is 1.79 bits per heavy atom. The maximum Gasteiger partial charge on any atom is 0.184 e. The summed E-state index contributed by atoms with van der Waals surface area (Å²) in [4.78, 5) is 0. The molecule has 11 atom stereocenters. The van der Waals surface area contributed by atoms with E-state index < -0.39 is 8.32 Å². The summed E-state index contributed by atoms with van der Waals surface area (Å²) >= 11 is 0. The average molecular weight is 487 g/mol. The first-order valence-corrected chi connectivity index (χ1v) is 18.1. The van der Waals surface area contributed by atoms with E-state index in [0.717, 1.165) is 30.8 Å². The quantitative estimate of drug-likeness (QED) is 0.297. The van der Waals surface area contributed by atoms with Crippen molar-refractivity contribution in [3.05, 3.63) is 11.6 Å². The molecule has 192 valence electrons. The van der Waals surface area contributed by atoms with E-state index >= 15 is 0 Å². The lowest BCUT2D eigenvalue weighted by molar-refractivity contribution is -0.272. The molecule has 2 heterocycles. The van der Waals surface area contributed by atoms with Crippen molar-refractivity contribution in [3.63, 3.8) is 0 Å². The van der Waals surface area contributed by atoms with Crippen LogP contribution >= 0.6 is 0 Å². The Kier molecular flexibility index (Phi) is 5.63. The molecule has 5 fully saturated rings. The van der Waals surface area contributed by atoms with Gasteiger partial charge < -0.3 is 13.9 Å². The zero-order chi connectivity index (χ0) is 24.1. The molecular weight excluding hydrogens is 436 g/mol. The van der Waals surface area contributed by atoms with E-state index in [1.54, 1.807) is 5.57 Å². The lowest BCUT2D eigenvalue weighted by atomic mass is 9.47. The first-order valence-electron chi connectivity index (χ1n) is 14.6. The average Bonchev–Trinajstić information content (AvgIpc) is 3.20. The van der Waals surface area contributed by atoms with E-state index in [4.69, 9.17) is 13.9 Å². The number of hydrogen-bond acceptors (Lipinski definition) is 3. The number of ether oxygens (including phenoxy) is 2. The third-order valence-corrected chi connectivity index (χ3v) is 12.9. The molecular formula is C30H50O3Si. The van der Waals surface area contributed by atoms with E-state index in [1.807, 2.05) is 0 Å². The van der Waals surface area contributed by atoms with Gasteiger partial charge in [-0.2, -0.15) is 0 Å². The SMILES string of the molecule is C[C@@H]1CC[C@]2(OC1)O[C@H]1C[C@H]3[C@@H]4CC=C5C[C@@H](O[Si](C)(C)C)CC[C@]5(C)[C@H]4CC[C@]3(C)[C@H]1[C@@H]2C. The van der Waals surface area contributed by atoms with E-state index in [-0.39, 0.29) is 5.79 Å².